The van der Waals surface area contributed by atoms with Crippen molar-refractivity contribution in [1.29, 1.82) is 0 Å². The van der Waals surface area contributed by atoms with E-state index in [1.165, 1.54) is 24.3 Å². The maximum atomic E-state index is 14.9. The minimum atomic E-state index is -1.85. The SMILES string of the molecule is CC[C@H](C)[C@H](NC(=O)[C@@H](NC(=O)[C@H](Cc1c[nH]c2ccccc12)NC(=O)[C@@H](CCCN)NC(=O)CNC(=O)[C@H](CCCN)NC(=O)[C@@H](CCCN)NC(=O)[C@@H](Cc1c[nH]c2ccccc12)NC(=O)[C@@H](Cc1ccc(O)cc1)NC(=O)[C@@H](CO)NC(=O)CCCCCC(C)C)[C@@H](C)O)C(=O)N[C@@H](CC(N)=O)C(=O)NCC(=O)NCC(N)=O. The van der Waals surface area contributed by atoms with E-state index in [1.807, 2.05) is 0 Å². The summed E-state index contributed by atoms with van der Waals surface area (Å²) in [6.45, 7) is 5.77. The molecule has 0 aliphatic rings. The molecular weight excluding hydrogens is 1500 g/mol. The van der Waals surface area contributed by atoms with Gasteiger partial charge in [-0.3, -0.25) is 71.9 Å². The Labute approximate surface area is 671 Å². The molecule has 636 valence electrons. The number of primary amides is 2. The number of carbonyl (C=O) groups is 15. The highest BCUT2D eigenvalue weighted by molar-refractivity contribution is 6.01. The molecule has 3 aromatic carbocycles. The number of rotatable bonds is 53. The van der Waals surface area contributed by atoms with Crippen molar-refractivity contribution in [3.8, 4) is 5.75 Å². The number of unbranched alkanes of at least 4 members (excludes halogenated alkanes) is 2. The molecule has 0 spiro atoms. The number of para-hydroxylation sites is 2. The fourth-order valence-corrected chi connectivity index (χ4v) is 12.5. The number of phenols is 1. The number of carbonyl (C=O) groups excluding carboxylic acids is 15. The average Bonchev–Trinajstić information content (AvgIpc) is 1.62. The van der Waals surface area contributed by atoms with Crippen LogP contribution in [0.15, 0.2) is 85.2 Å². The number of aliphatic hydroxyl groups is 2. The third-order valence-corrected chi connectivity index (χ3v) is 19.2. The van der Waals surface area contributed by atoms with Crippen LogP contribution < -0.4 is 97.8 Å². The normalized spacial score (nSPS) is 14.3. The van der Waals surface area contributed by atoms with Crippen LogP contribution >= 0.6 is 0 Å². The Morgan fingerprint density at radius 2 is 0.828 bits per heavy atom. The third kappa shape index (κ3) is 32.0. The van der Waals surface area contributed by atoms with Crippen molar-refractivity contribution < 1.29 is 87.2 Å². The first-order valence-electron chi connectivity index (χ1n) is 39.0. The lowest BCUT2D eigenvalue weighted by molar-refractivity contribution is -0.137. The lowest BCUT2D eigenvalue weighted by atomic mass is 9.96. The highest BCUT2D eigenvalue weighted by atomic mass is 16.3. The molecule has 0 saturated heterocycles. The number of fused-ring (bicyclic) bond motifs is 2. The number of H-pyrrole nitrogens is 2. The molecule has 28 N–H and O–H groups in total. The van der Waals surface area contributed by atoms with Crippen molar-refractivity contribution in [2.45, 2.75) is 204 Å². The number of nitrogens with two attached hydrogens (primary N) is 5. The van der Waals surface area contributed by atoms with Gasteiger partial charge in [-0.1, -0.05) is 102 Å². The van der Waals surface area contributed by atoms with Crippen LogP contribution in [-0.2, 0) is 91.2 Å². The Morgan fingerprint density at radius 1 is 0.405 bits per heavy atom. The Kier molecular flexibility index (Phi) is 40.3. The summed E-state index contributed by atoms with van der Waals surface area (Å²) in [5.74, 6) is -14.2. The third-order valence-electron chi connectivity index (χ3n) is 19.2. The fraction of sp³-hybridized carbons (Fsp3) is 0.526. The van der Waals surface area contributed by atoms with Gasteiger partial charge >= 0.3 is 0 Å². The van der Waals surface area contributed by atoms with Gasteiger partial charge in [0.15, 0.2) is 0 Å². The van der Waals surface area contributed by atoms with Gasteiger partial charge in [0.25, 0.3) is 0 Å². The standard InChI is InChI=1S/C78H116N20O18/c1-6-44(4)67(77(115)96-60(36-62(82)102)70(108)87-40-65(105)86-39-63(83)103)97-78(116)68(45(5)100)98-75(113)59(35-48-38-85-53-21-13-11-19-51(48)53)94-71(109)55(23-15-31-80)89-66(106)41-88-69(107)54(22-14-30-79)91-72(110)56(24-16-32-81)92-74(112)58(34-47-37-84-52-20-12-10-18-50(47)52)95-73(111)57(33-46-26-28-49(101)29-27-46)93-76(114)61(42-99)90-64(104)25-9-7-8-17-43(2)3/h10-13,18-21,26-29,37-38,43-45,54-61,67-68,84-85,99-101H,6-9,14-17,22-25,30-36,39-42,79-81H2,1-5H3,(H2,82,102)(H2,83,103)(H,86,105)(H,87,108)(H,88,107)(H,89,106)(H,90,104)(H,91,110)(H,92,112)(H,93,114)(H,94,109)(H,95,111)(H,96,115)(H,97,116)(H,98,113)/t44-,45+,54-,55+,56+,57+,58+,59-,60-,61+,67-,68-/m0/s1. The molecule has 2 heterocycles. The van der Waals surface area contributed by atoms with E-state index in [2.05, 4.69) is 92.9 Å². The first kappa shape index (κ1) is 95.0. The minimum Gasteiger partial charge on any atom is -0.508 e. The van der Waals surface area contributed by atoms with Gasteiger partial charge in [0.05, 0.1) is 38.8 Å². The largest absolute Gasteiger partial charge is 0.508 e. The van der Waals surface area contributed by atoms with Crippen LogP contribution in [0, 0.1) is 11.8 Å². The van der Waals surface area contributed by atoms with Gasteiger partial charge in [-0.15, -0.1) is 0 Å². The molecule has 0 aliphatic heterocycles. The predicted molar refractivity (Wildman–Crippen MR) is 428 cm³/mol. The van der Waals surface area contributed by atoms with Gasteiger partial charge in [-0.25, -0.2) is 0 Å². The summed E-state index contributed by atoms with van der Waals surface area (Å²) in [7, 11) is 0. The molecule has 38 nitrogen and oxygen atoms in total. The molecule has 116 heavy (non-hydrogen) atoms. The highest BCUT2D eigenvalue weighted by Crippen LogP contribution is 2.23. The molecule has 5 rings (SSSR count). The van der Waals surface area contributed by atoms with Crippen LogP contribution in [0.4, 0.5) is 0 Å². The second-order valence-electron chi connectivity index (χ2n) is 29.0. The first-order valence-corrected chi connectivity index (χ1v) is 39.0. The number of nitrogens with one attached hydrogen (secondary N) is 15. The van der Waals surface area contributed by atoms with Crippen LogP contribution in [0.2, 0.25) is 0 Å². The number of hydrogen-bond donors (Lipinski definition) is 23. The maximum Gasteiger partial charge on any atom is 0.245 e. The summed E-state index contributed by atoms with van der Waals surface area (Å²) in [6.07, 6.45) is 3.66. The van der Waals surface area contributed by atoms with Crippen LogP contribution in [0.25, 0.3) is 21.8 Å². The summed E-state index contributed by atoms with van der Waals surface area (Å²) >= 11 is 0. The molecule has 0 radical (unpaired) electrons. The summed E-state index contributed by atoms with van der Waals surface area (Å²) in [5.41, 5.74) is 31.1. The van der Waals surface area contributed by atoms with E-state index < -0.39 is 194 Å². The van der Waals surface area contributed by atoms with E-state index >= 15 is 0 Å². The molecule has 38 heteroatoms. The zero-order valence-corrected chi connectivity index (χ0v) is 66.2. The Balaban J connectivity index is 1.35. The Bertz CT molecular complexity index is 4130. The fourth-order valence-electron chi connectivity index (χ4n) is 12.5. The number of aromatic nitrogens is 2. The summed E-state index contributed by atoms with van der Waals surface area (Å²) < 4.78 is 0. The molecule has 15 amide bonds. The molecule has 5 aromatic rings. The molecule has 2 aromatic heterocycles. The quantitative estimate of drug-likeness (QED) is 0.0166. The predicted octanol–water partition coefficient (Wildman–Crippen LogP) is -3.82. The van der Waals surface area contributed by atoms with Gasteiger partial charge in [0.2, 0.25) is 88.6 Å². The molecular formula is C78H116N20O18. The maximum absolute atomic E-state index is 14.9. The Hall–Kier alpha value is -11.6. The van der Waals surface area contributed by atoms with Crippen molar-refractivity contribution in [2.24, 2.45) is 40.5 Å². The molecule has 0 saturated carbocycles. The molecule has 0 bridgehead atoms. The van der Waals surface area contributed by atoms with Crippen LogP contribution in [0.3, 0.4) is 0 Å². The van der Waals surface area contributed by atoms with Crippen LogP contribution in [0.5, 0.6) is 5.75 Å². The van der Waals surface area contributed by atoms with Crippen LogP contribution in [-0.4, -0.2) is 226 Å². The van der Waals surface area contributed by atoms with E-state index in [0.717, 1.165) is 26.2 Å². The summed E-state index contributed by atoms with van der Waals surface area (Å²) in [5, 5.41) is 65.7. The summed E-state index contributed by atoms with van der Waals surface area (Å²) in [4.78, 5) is 212. The average molecular weight is 1620 g/mol. The number of phenolic OH excluding ortho intramolecular Hbond substituents is 1. The van der Waals surface area contributed by atoms with Gasteiger partial charge < -0.3 is 123 Å². The second kappa shape index (κ2) is 49.2. The van der Waals surface area contributed by atoms with Crippen molar-refractivity contribution in [2.75, 3.05) is 45.9 Å². The number of benzene rings is 3. The zero-order valence-electron chi connectivity index (χ0n) is 66.2. The topological polar surface area (TPSA) is 635 Å². The zero-order chi connectivity index (χ0) is 85.6. The molecule has 0 unspecified atom stereocenters. The second-order valence-corrected chi connectivity index (χ2v) is 29.0. The molecule has 0 aliphatic carbocycles. The number of aromatic amines is 2. The smallest absolute Gasteiger partial charge is 0.245 e. The van der Waals surface area contributed by atoms with E-state index in [9.17, 15) is 87.2 Å². The highest BCUT2D eigenvalue weighted by Gasteiger charge is 2.39. The lowest BCUT2D eigenvalue weighted by Crippen LogP contribution is -2.62. The van der Waals surface area contributed by atoms with E-state index in [1.54, 1.807) is 74.8 Å². The van der Waals surface area contributed by atoms with Crippen molar-refractivity contribution >= 4 is 110 Å². The van der Waals surface area contributed by atoms with E-state index in [-0.39, 0.29) is 96.0 Å². The molecule has 12 atom stereocenters. The minimum absolute atomic E-state index is 0.0132. The lowest BCUT2D eigenvalue weighted by Gasteiger charge is -2.30. The number of amides is 15. The van der Waals surface area contributed by atoms with E-state index in [4.69, 9.17) is 28.7 Å². The Morgan fingerprint density at radius 3 is 1.31 bits per heavy atom. The van der Waals surface area contributed by atoms with E-state index in [0.29, 0.717) is 50.8 Å². The van der Waals surface area contributed by atoms with Gasteiger partial charge in [0.1, 0.15) is 66.2 Å². The van der Waals surface area contributed by atoms with Crippen LogP contribution in [0.1, 0.15) is 135 Å². The molecule has 0 fully saturated rings. The monoisotopic (exact) mass is 1620 g/mol. The number of aliphatic hydroxyl groups excluding tert-OH is 2. The summed E-state index contributed by atoms with van der Waals surface area (Å²) in [6, 6.07) is 4.46. The number of hydrogen-bond acceptors (Lipinski definition) is 21. The van der Waals surface area contributed by atoms with Crippen molar-refractivity contribution in [3.63, 3.8) is 0 Å². The number of aromatic hydroxyl groups is 1. The van der Waals surface area contributed by atoms with Crippen molar-refractivity contribution in [3.05, 3.63) is 102 Å². The van der Waals surface area contributed by atoms with Gasteiger partial charge in [0, 0.05) is 59.9 Å². The van der Waals surface area contributed by atoms with Crippen molar-refractivity contribution in [1.82, 2.24) is 79.1 Å². The van der Waals surface area contributed by atoms with Gasteiger partial charge in [-0.05, 0) is 124 Å². The first-order chi connectivity index (χ1) is 55.3. The van der Waals surface area contributed by atoms with Gasteiger partial charge in [-0.2, -0.15) is 0 Å².